The lowest BCUT2D eigenvalue weighted by atomic mass is 9.86. The second-order valence-corrected chi connectivity index (χ2v) is 21.6. The Morgan fingerprint density at radius 3 is 1.62 bits per heavy atom. The van der Waals surface area contributed by atoms with Crippen molar-refractivity contribution in [1.82, 2.24) is 0 Å². The second kappa shape index (κ2) is 7.40. The van der Waals surface area contributed by atoms with Gasteiger partial charge in [-0.05, 0) is 89.9 Å². The minimum atomic E-state index is -2.06. The van der Waals surface area contributed by atoms with E-state index < -0.39 is 25.2 Å². The normalized spacial score (nSPS) is 25.1. The standard InChI is InChI=1S/C15H36O3Si3/c1-19(2,3)17-21(7,18-20(4,5)6)13-12-14-8-10-15(16)11-9-14/h14-16H,8-13H2,1-7H3. The van der Waals surface area contributed by atoms with Gasteiger partial charge in [-0.2, -0.15) is 0 Å². The second-order valence-electron chi connectivity index (χ2n) is 8.78. The summed E-state index contributed by atoms with van der Waals surface area (Å²) in [6, 6.07) is 1.11. The molecule has 1 rings (SSSR count). The minimum Gasteiger partial charge on any atom is -0.437 e. The van der Waals surface area contributed by atoms with E-state index in [0.717, 1.165) is 24.8 Å². The maximum Gasteiger partial charge on any atom is 0.314 e. The fourth-order valence-electron chi connectivity index (χ4n) is 3.32. The molecule has 0 amide bonds. The molecule has 0 heterocycles. The topological polar surface area (TPSA) is 38.7 Å². The molecular weight excluding hydrogens is 312 g/mol. The van der Waals surface area contributed by atoms with Gasteiger partial charge in [-0.15, -0.1) is 0 Å². The van der Waals surface area contributed by atoms with Gasteiger partial charge >= 0.3 is 8.56 Å². The third-order valence-corrected chi connectivity index (χ3v) is 13.4. The van der Waals surface area contributed by atoms with Gasteiger partial charge in [0, 0.05) is 0 Å². The molecule has 126 valence electrons. The molecule has 1 saturated carbocycles. The van der Waals surface area contributed by atoms with E-state index in [1.165, 1.54) is 19.3 Å². The van der Waals surface area contributed by atoms with Crippen molar-refractivity contribution < 1.29 is 13.3 Å². The molecule has 0 saturated heterocycles. The zero-order valence-electron chi connectivity index (χ0n) is 15.2. The highest BCUT2D eigenvalue weighted by molar-refractivity contribution is 6.87. The van der Waals surface area contributed by atoms with Gasteiger partial charge in [0.1, 0.15) is 0 Å². The fourth-order valence-corrected chi connectivity index (χ4v) is 16.0. The summed E-state index contributed by atoms with van der Waals surface area (Å²) in [7, 11) is -5.20. The smallest absolute Gasteiger partial charge is 0.314 e. The lowest BCUT2D eigenvalue weighted by molar-refractivity contribution is 0.107. The van der Waals surface area contributed by atoms with Crippen molar-refractivity contribution in [2.24, 2.45) is 5.92 Å². The average molecular weight is 349 g/mol. The fraction of sp³-hybridized carbons (Fsp3) is 1.00. The molecule has 1 N–H and O–H groups in total. The molecule has 0 spiro atoms. The van der Waals surface area contributed by atoms with E-state index in [2.05, 4.69) is 45.8 Å². The summed E-state index contributed by atoms with van der Waals surface area (Å²) in [5.41, 5.74) is 0. The largest absolute Gasteiger partial charge is 0.437 e. The maximum atomic E-state index is 9.63. The van der Waals surface area contributed by atoms with E-state index in [9.17, 15) is 5.11 Å². The van der Waals surface area contributed by atoms with Crippen LogP contribution in [0.4, 0.5) is 0 Å². The summed E-state index contributed by atoms with van der Waals surface area (Å²) in [5, 5.41) is 9.63. The Labute approximate surface area is 135 Å². The summed E-state index contributed by atoms with van der Waals surface area (Å²) in [6.07, 6.45) is 5.46. The highest BCUT2D eigenvalue weighted by atomic mass is 28.5. The Bertz CT molecular complexity index is 299. The van der Waals surface area contributed by atoms with Gasteiger partial charge in [0.2, 0.25) is 0 Å². The SMILES string of the molecule is C[Si](C)(C)O[Si](C)(CCC1CCC(O)CC1)O[Si](C)(C)C. The molecule has 6 heteroatoms. The molecular formula is C15H36O3Si3. The quantitative estimate of drug-likeness (QED) is 0.678. The number of hydrogen-bond acceptors (Lipinski definition) is 3. The van der Waals surface area contributed by atoms with Gasteiger partial charge in [-0.3, -0.25) is 0 Å². The molecule has 1 fully saturated rings. The predicted octanol–water partition coefficient (Wildman–Crippen LogP) is 4.70. The van der Waals surface area contributed by atoms with E-state index in [-0.39, 0.29) is 6.10 Å². The van der Waals surface area contributed by atoms with Crippen molar-refractivity contribution in [1.29, 1.82) is 0 Å². The van der Waals surface area contributed by atoms with Gasteiger partial charge in [0.05, 0.1) is 6.10 Å². The Kier molecular flexibility index (Phi) is 6.90. The van der Waals surface area contributed by atoms with E-state index in [1.807, 2.05) is 0 Å². The van der Waals surface area contributed by atoms with Gasteiger partial charge in [-0.1, -0.05) is 0 Å². The van der Waals surface area contributed by atoms with Crippen molar-refractivity contribution in [3.8, 4) is 0 Å². The minimum absolute atomic E-state index is 0.0543. The molecule has 3 nitrogen and oxygen atoms in total. The number of aliphatic hydroxyl groups is 1. The molecule has 0 aromatic heterocycles. The van der Waals surface area contributed by atoms with Crippen LogP contribution in [-0.2, 0) is 8.23 Å². The van der Waals surface area contributed by atoms with Gasteiger partial charge < -0.3 is 13.3 Å². The molecule has 0 atom stereocenters. The Morgan fingerprint density at radius 1 is 0.810 bits per heavy atom. The molecule has 0 aliphatic heterocycles. The van der Waals surface area contributed by atoms with Crippen molar-refractivity contribution in [3.05, 3.63) is 0 Å². The Hall–Kier alpha value is 0.531. The highest BCUT2D eigenvalue weighted by Crippen LogP contribution is 2.32. The summed E-state index contributed by atoms with van der Waals surface area (Å²) < 4.78 is 13.1. The monoisotopic (exact) mass is 348 g/mol. The number of aliphatic hydroxyl groups excluding tert-OH is 1. The van der Waals surface area contributed by atoms with Crippen LogP contribution in [0.2, 0.25) is 51.9 Å². The maximum absolute atomic E-state index is 9.63. The van der Waals surface area contributed by atoms with Gasteiger partial charge in [0.15, 0.2) is 16.6 Å². The van der Waals surface area contributed by atoms with Crippen LogP contribution in [-0.4, -0.2) is 36.4 Å². The number of hydrogen-bond donors (Lipinski definition) is 1. The molecule has 1 aliphatic carbocycles. The molecule has 21 heavy (non-hydrogen) atoms. The third kappa shape index (κ3) is 8.66. The van der Waals surface area contributed by atoms with Crippen LogP contribution in [0.15, 0.2) is 0 Å². The van der Waals surface area contributed by atoms with E-state index in [4.69, 9.17) is 8.23 Å². The first-order chi connectivity index (χ1) is 9.39. The first-order valence-electron chi connectivity index (χ1n) is 8.47. The molecule has 0 aromatic carbocycles. The molecule has 1 aliphatic rings. The average Bonchev–Trinajstić information content (AvgIpc) is 2.23. The van der Waals surface area contributed by atoms with Gasteiger partial charge in [0.25, 0.3) is 0 Å². The summed E-state index contributed by atoms with van der Waals surface area (Å²) >= 11 is 0. The third-order valence-electron chi connectivity index (χ3n) is 3.87. The zero-order valence-corrected chi connectivity index (χ0v) is 18.2. The highest BCUT2D eigenvalue weighted by Gasteiger charge is 2.40. The van der Waals surface area contributed by atoms with Crippen molar-refractivity contribution in [3.63, 3.8) is 0 Å². The van der Waals surface area contributed by atoms with Crippen LogP contribution in [0.1, 0.15) is 32.1 Å². The first-order valence-corrected chi connectivity index (χ1v) is 17.8. The van der Waals surface area contributed by atoms with Crippen molar-refractivity contribution in [2.45, 2.75) is 90.1 Å². The van der Waals surface area contributed by atoms with Crippen LogP contribution in [0.3, 0.4) is 0 Å². The Morgan fingerprint density at radius 2 is 1.24 bits per heavy atom. The summed E-state index contributed by atoms with van der Waals surface area (Å²) in [6.45, 7) is 15.9. The van der Waals surface area contributed by atoms with Crippen molar-refractivity contribution in [2.75, 3.05) is 0 Å². The molecule has 0 radical (unpaired) electrons. The van der Waals surface area contributed by atoms with E-state index in [0.29, 0.717) is 0 Å². The van der Waals surface area contributed by atoms with Crippen LogP contribution < -0.4 is 0 Å². The predicted molar refractivity (Wildman–Crippen MR) is 97.9 cm³/mol. The van der Waals surface area contributed by atoms with Crippen LogP contribution in [0, 0.1) is 5.92 Å². The zero-order chi connectivity index (χ0) is 16.3. The Balaban J connectivity index is 2.60. The lowest BCUT2D eigenvalue weighted by Gasteiger charge is -2.39. The van der Waals surface area contributed by atoms with Crippen LogP contribution in [0.25, 0.3) is 0 Å². The van der Waals surface area contributed by atoms with Crippen LogP contribution >= 0.6 is 0 Å². The van der Waals surface area contributed by atoms with E-state index in [1.54, 1.807) is 0 Å². The van der Waals surface area contributed by atoms with Gasteiger partial charge in [-0.25, -0.2) is 0 Å². The summed E-state index contributed by atoms with van der Waals surface area (Å²) in [5.74, 6) is 0.760. The van der Waals surface area contributed by atoms with Crippen molar-refractivity contribution >= 4 is 25.2 Å². The number of rotatable bonds is 7. The molecule has 0 bridgehead atoms. The molecule has 0 aromatic rings. The van der Waals surface area contributed by atoms with Crippen LogP contribution in [0.5, 0.6) is 0 Å². The summed E-state index contributed by atoms with van der Waals surface area (Å²) in [4.78, 5) is 0. The van der Waals surface area contributed by atoms with E-state index >= 15 is 0 Å². The lowest BCUT2D eigenvalue weighted by Crippen LogP contribution is -2.52. The first kappa shape index (κ1) is 19.6. The molecule has 0 unspecified atom stereocenters.